The number of carbonyl (C=O) groups excluding carboxylic acids is 3. The van der Waals surface area contributed by atoms with Crippen molar-refractivity contribution in [2.45, 2.75) is 6.42 Å². The van der Waals surface area contributed by atoms with Crippen LogP contribution in [0.1, 0.15) is 16.8 Å². The first-order chi connectivity index (χ1) is 12.0. The van der Waals surface area contributed by atoms with Crippen LogP contribution in [0.25, 0.3) is 0 Å². The molecule has 128 valence electrons. The maximum absolute atomic E-state index is 12.8. The molecule has 5 aliphatic rings. The van der Waals surface area contributed by atoms with Gasteiger partial charge < -0.3 is 0 Å². The lowest BCUT2D eigenvalue weighted by Crippen LogP contribution is -2.47. The largest absolute Gasteiger partial charge is 0.272 e. The van der Waals surface area contributed by atoms with E-state index in [1.807, 2.05) is 0 Å². The summed E-state index contributed by atoms with van der Waals surface area (Å²) >= 11 is 11.9. The summed E-state index contributed by atoms with van der Waals surface area (Å²) in [6.45, 7) is 0. The zero-order valence-corrected chi connectivity index (χ0v) is 14.5. The second-order valence-electron chi connectivity index (χ2n) is 7.23. The summed E-state index contributed by atoms with van der Waals surface area (Å²) in [5, 5.41) is 1.48. The third-order valence-electron chi connectivity index (χ3n) is 6.05. The highest BCUT2D eigenvalue weighted by Crippen LogP contribution is 2.65. The van der Waals surface area contributed by atoms with Crippen molar-refractivity contribution in [3.63, 3.8) is 0 Å². The summed E-state index contributed by atoms with van der Waals surface area (Å²) in [4.78, 5) is 38.1. The Morgan fingerprint density at radius 3 is 2.20 bits per heavy atom. The first-order valence-electron chi connectivity index (χ1n) is 8.29. The molecule has 7 heteroatoms. The summed E-state index contributed by atoms with van der Waals surface area (Å²) in [7, 11) is 0. The Labute approximate surface area is 153 Å². The van der Waals surface area contributed by atoms with E-state index in [1.165, 1.54) is 18.2 Å². The number of amides is 3. The smallest absolute Gasteiger partial charge is 0.271 e. The van der Waals surface area contributed by atoms with Gasteiger partial charge in [0, 0.05) is 5.02 Å². The maximum atomic E-state index is 12.8. The van der Waals surface area contributed by atoms with Gasteiger partial charge in [0.1, 0.15) is 0 Å². The lowest BCUT2D eigenvalue weighted by molar-refractivity contribution is -0.143. The Balaban J connectivity index is 1.42. The number of hydrogen-bond donors (Lipinski definition) is 1. The number of hydrogen-bond acceptors (Lipinski definition) is 3. The van der Waals surface area contributed by atoms with Crippen molar-refractivity contribution in [2.24, 2.45) is 35.5 Å². The fourth-order valence-corrected chi connectivity index (χ4v) is 5.40. The number of rotatable bonds is 2. The molecule has 3 amide bonds. The Morgan fingerprint density at radius 1 is 1.04 bits per heavy atom. The van der Waals surface area contributed by atoms with Crippen LogP contribution in [0.5, 0.6) is 0 Å². The molecule has 25 heavy (non-hydrogen) atoms. The molecule has 1 N–H and O–H groups in total. The molecule has 5 nitrogen and oxygen atoms in total. The van der Waals surface area contributed by atoms with Crippen molar-refractivity contribution in [3.05, 3.63) is 46.0 Å². The van der Waals surface area contributed by atoms with E-state index in [1.54, 1.807) is 0 Å². The second-order valence-corrected chi connectivity index (χ2v) is 8.08. The highest BCUT2D eigenvalue weighted by molar-refractivity contribution is 6.36. The summed E-state index contributed by atoms with van der Waals surface area (Å²) in [6.07, 6.45) is 5.28. The van der Waals surface area contributed by atoms with E-state index in [0.717, 1.165) is 11.4 Å². The van der Waals surface area contributed by atoms with E-state index >= 15 is 0 Å². The van der Waals surface area contributed by atoms with Crippen LogP contribution in [0.15, 0.2) is 30.4 Å². The summed E-state index contributed by atoms with van der Waals surface area (Å²) in [5.41, 5.74) is 2.62. The van der Waals surface area contributed by atoms with Gasteiger partial charge in [-0.2, -0.15) is 5.01 Å². The Kier molecular flexibility index (Phi) is 3.13. The molecule has 4 aliphatic carbocycles. The zero-order chi connectivity index (χ0) is 17.5. The zero-order valence-electron chi connectivity index (χ0n) is 13.0. The molecule has 0 radical (unpaired) electrons. The van der Waals surface area contributed by atoms with Gasteiger partial charge in [-0.3, -0.25) is 19.8 Å². The van der Waals surface area contributed by atoms with Gasteiger partial charge in [0.05, 0.1) is 22.4 Å². The van der Waals surface area contributed by atoms with Crippen molar-refractivity contribution >= 4 is 40.9 Å². The van der Waals surface area contributed by atoms with Gasteiger partial charge in [0.15, 0.2) is 0 Å². The predicted octanol–water partition coefficient (Wildman–Crippen LogP) is 2.69. The topological polar surface area (TPSA) is 66.5 Å². The summed E-state index contributed by atoms with van der Waals surface area (Å²) in [5.74, 6) is -0.595. The molecule has 1 heterocycles. The minimum Gasteiger partial charge on any atom is -0.272 e. The third-order valence-corrected chi connectivity index (χ3v) is 6.60. The Hall–Kier alpha value is -1.85. The van der Waals surface area contributed by atoms with Crippen LogP contribution in [0.3, 0.4) is 0 Å². The van der Waals surface area contributed by atoms with Gasteiger partial charge >= 0.3 is 0 Å². The number of allylic oxidation sites excluding steroid dienone is 2. The lowest BCUT2D eigenvalue weighted by Gasteiger charge is -2.37. The van der Waals surface area contributed by atoms with Crippen LogP contribution in [0, 0.1) is 35.5 Å². The molecule has 1 aromatic rings. The molecule has 0 aromatic heterocycles. The van der Waals surface area contributed by atoms with Crippen molar-refractivity contribution in [2.75, 3.05) is 0 Å². The maximum Gasteiger partial charge on any atom is 0.271 e. The van der Waals surface area contributed by atoms with Crippen LogP contribution in [0.2, 0.25) is 10.0 Å². The summed E-state index contributed by atoms with van der Waals surface area (Å²) in [6, 6.07) is 4.45. The van der Waals surface area contributed by atoms with E-state index in [4.69, 9.17) is 23.2 Å². The fraction of sp³-hybridized carbons (Fsp3) is 0.389. The lowest BCUT2D eigenvalue weighted by atomic mass is 9.63. The van der Waals surface area contributed by atoms with Crippen LogP contribution in [-0.2, 0) is 9.59 Å². The molecular formula is C18H14Cl2N2O3. The molecule has 6 atom stereocenters. The minimum absolute atomic E-state index is 0.123. The molecule has 0 spiro atoms. The second kappa shape index (κ2) is 5.08. The molecule has 1 saturated heterocycles. The van der Waals surface area contributed by atoms with Crippen LogP contribution in [0.4, 0.5) is 0 Å². The number of hydrazine groups is 1. The standard InChI is InChI=1S/C18H14Cl2N2O3/c19-7-1-2-10(13(20)5-7)16(23)21-22-17(24)14-8-3-4-9(12-6-11(8)12)15(14)18(22)25/h1-5,8-9,11-12,14-15H,6H2,(H,21,23)/t8-,9+,11-,12-,14+,15+/m1/s1. The number of imide groups is 1. The quantitative estimate of drug-likeness (QED) is 0.637. The molecule has 1 aromatic carbocycles. The van der Waals surface area contributed by atoms with Crippen molar-refractivity contribution in [1.29, 1.82) is 0 Å². The average Bonchev–Trinajstić information content (AvgIpc) is 3.36. The molecule has 0 unspecified atom stereocenters. The first-order valence-corrected chi connectivity index (χ1v) is 9.05. The highest BCUT2D eigenvalue weighted by Gasteiger charge is 2.67. The van der Waals surface area contributed by atoms with Crippen molar-refractivity contribution in [1.82, 2.24) is 10.4 Å². The number of benzene rings is 1. The number of nitrogens with one attached hydrogen (secondary N) is 1. The molecule has 3 fully saturated rings. The van der Waals surface area contributed by atoms with Crippen LogP contribution < -0.4 is 5.43 Å². The van der Waals surface area contributed by atoms with Gasteiger partial charge in [-0.25, -0.2) is 0 Å². The van der Waals surface area contributed by atoms with Gasteiger partial charge in [0.2, 0.25) is 0 Å². The molecule has 1 aliphatic heterocycles. The van der Waals surface area contributed by atoms with E-state index in [-0.39, 0.29) is 46.1 Å². The van der Waals surface area contributed by atoms with Gasteiger partial charge in [-0.1, -0.05) is 35.4 Å². The first kappa shape index (κ1) is 15.4. The SMILES string of the molecule is O=C(NN1C(=O)[C@H]2[C@@H]3C=C[C@@H]([C@H]4C[C@H]34)[C@@H]2C1=O)c1ccc(Cl)cc1Cl. The summed E-state index contributed by atoms with van der Waals surface area (Å²) < 4.78 is 0. The molecular weight excluding hydrogens is 363 g/mol. The van der Waals surface area contributed by atoms with Crippen LogP contribution >= 0.6 is 23.2 Å². The number of halogens is 2. The fourth-order valence-electron chi connectivity index (χ4n) is 4.90. The third kappa shape index (κ3) is 2.06. The van der Waals surface area contributed by atoms with Crippen LogP contribution in [-0.4, -0.2) is 22.7 Å². The van der Waals surface area contributed by atoms with E-state index in [0.29, 0.717) is 16.9 Å². The van der Waals surface area contributed by atoms with Gasteiger partial charge in [-0.05, 0) is 48.3 Å². The average molecular weight is 377 g/mol. The molecule has 2 bridgehead atoms. The van der Waals surface area contributed by atoms with E-state index < -0.39 is 5.91 Å². The highest BCUT2D eigenvalue weighted by atomic mass is 35.5. The van der Waals surface area contributed by atoms with Gasteiger partial charge in [-0.15, -0.1) is 0 Å². The minimum atomic E-state index is -0.590. The number of carbonyl (C=O) groups is 3. The predicted molar refractivity (Wildman–Crippen MR) is 90.5 cm³/mol. The van der Waals surface area contributed by atoms with Gasteiger partial charge in [0.25, 0.3) is 17.7 Å². The Bertz CT molecular complexity index is 832. The molecule has 6 rings (SSSR count). The Morgan fingerprint density at radius 2 is 1.64 bits per heavy atom. The number of nitrogens with zero attached hydrogens (tertiary/aromatic N) is 1. The van der Waals surface area contributed by atoms with Crippen molar-refractivity contribution < 1.29 is 14.4 Å². The molecule has 2 saturated carbocycles. The monoisotopic (exact) mass is 376 g/mol. The van der Waals surface area contributed by atoms with E-state index in [2.05, 4.69) is 17.6 Å². The van der Waals surface area contributed by atoms with Crippen molar-refractivity contribution in [3.8, 4) is 0 Å². The normalized spacial score (nSPS) is 37.1. The van der Waals surface area contributed by atoms with E-state index in [9.17, 15) is 14.4 Å².